The van der Waals surface area contributed by atoms with E-state index in [1.54, 1.807) is 7.05 Å². The van der Waals surface area contributed by atoms with E-state index in [-0.39, 0.29) is 0 Å². The molecule has 1 aliphatic carbocycles. The summed E-state index contributed by atoms with van der Waals surface area (Å²) in [6.07, 6.45) is 6.92. The molecule has 3 rings (SSSR count). The second-order valence-corrected chi connectivity index (χ2v) is 5.13. The van der Waals surface area contributed by atoms with Gasteiger partial charge in [0.2, 0.25) is 0 Å². The van der Waals surface area contributed by atoms with E-state index in [1.165, 1.54) is 35.3 Å². The Morgan fingerprint density at radius 3 is 2.55 bits per heavy atom. The summed E-state index contributed by atoms with van der Waals surface area (Å²) in [5, 5.41) is 17.1. The summed E-state index contributed by atoms with van der Waals surface area (Å²) in [4.78, 5) is 1.39. The van der Waals surface area contributed by atoms with Crippen molar-refractivity contribution in [2.24, 2.45) is 0 Å². The first-order chi connectivity index (χ1) is 9.78. The first-order valence-electron chi connectivity index (χ1n) is 6.87. The zero-order chi connectivity index (χ0) is 13.9. The Kier molecular flexibility index (Phi) is 3.34. The third kappa shape index (κ3) is 2.35. The molecule has 0 saturated carbocycles. The minimum Gasteiger partial charge on any atom is -0.265 e. The number of hydrogen-bond donors (Lipinski definition) is 0. The standard InChI is InChI=1S/C16H16N4/c1-20(11-17)16-9-8-15(18-19-16)14-7-6-12-4-2-3-5-13(12)10-14/h6-10H,2-5H2,1H3. The van der Waals surface area contributed by atoms with Gasteiger partial charge in [0.15, 0.2) is 12.0 Å². The molecule has 0 aliphatic heterocycles. The fourth-order valence-corrected chi connectivity index (χ4v) is 2.60. The van der Waals surface area contributed by atoms with Gasteiger partial charge in [-0.3, -0.25) is 4.90 Å². The normalized spacial score (nSPS) is 13.4. The lowest BCUT2D eigenvalue weighted by atomic mass is 9.90. The van der Waals surface area contributed by atoms with Gasteiger partial charge in [-0.25, -0.2) is 0 Å². The third-order valence-electron chi connectivity index (χ3n) is 3.79. The zero-order valence-corrected chi connectivity index (χ0v) is 11.5. The number of hydrogen-bond acceptors (Lipinski definition) is 4. The average Bonchev–Trinajstić information content (AvgIpc) is 2.54. The van der Waals surface area contributed by atoms with E-state index in [2.05, 4.69) is 28.4 Å². The van der Waals surface area contributed by atoms with Crippen molar-refractivity contribution in [3.63, 3.8) is 0 Å². The molecule has 0 bridgehead atoms. The fourth-order valence-electron chi connectivity index (χ4n) is 2.60. The molecule has 4 nitrogen and oxygen atoms in total. The van der Waals surface area contributed by atoms with Crippen LogP contribution in [0.25, 0.3) is 11.3 Å². The lowest BCUT2D eigenvalue weighted by Crippen LogP contribution is -2.10. The molecular weight excluding hydrogens is 248 g/mol. The molecular formula is C16H16N4. The summed E-state index contributed by atoms with van der Waals surface area (Å²) in [6.45, 7) is 0. The van der Waals surface area contributed by atoms with Gasteiger partial charge in [0.1, 0.15) is 0 Å². The number of nitrogens with zero attached hydrogens (tertiary/aromatic N) is 4. The van der Waals surface area contributed by atoms with Crippen LogP contribution >= 0.6 is 0 Å². The fraction of sp³-hybridized carbons (Fsp3) is 0.312. The topological polar surface area (TPSA) is 52.8 Å². The van der Waals surface area contributed by atoms with Crippen LogP contribution in [0.2, 0.25) is 0 Å². The summed E-state index contributed by atoms with van der Waals surface area (Å²) in [5.74, 6) is 0.564. The Hall–Kier alpha value is -2.41. The predicted octanol–water partition coefficient (Wildman–Crippen LogP) is 2.94. The van der Waals surface area contributed by atoms with Gasteiger partial charge in [0.25, 0.3) is 0 Å². The SMILES string of the molecule is CN(C#N)c1ccc(-c2ccc3c(c2)CCCC3)nn1. The summed E-state index contributed by atoms with van der Waals surface area (Å²) in [6, 6.07) is 10.3. The van der Waals surface area contributed by atoms with Crippen LogP contribution in [0.15, 0.2) is 30.3 Å². The van der Waals surface area contributed by atoms with Gasteiger partial charge in [0, 0.05) is 12.6 Å². The number of aromatic nitrogens is 2. The van der Waals surface area contributed by atoms with Gasteiger partial charge < -0.3 is 0 Å². The van der Waals surface area contributed by atoms with Gasteiger partial charge in [-0.1, -0.05) is 12.1 Å². The Labute approximate surface area is 118 Å². The lowest BCUT2D eigenvalue weighted by molar-refractivity contribution is 0.686. The number of anilines is 1. The van der Waals surface area contributed by atoms with Crippen molar-refractivity contribution in [2.45, 2.75) is 25.7 Å². The van der Waals surface area contributed by atoms with E-state index < -0.39 is 0 Å². The smallest absolute Gasteiger partial charge is 0.185 e. The first-order valence-corrected chi connectivity index (χ1v) is 6.87. The van der Waals surface area contributed by atoms with Gasteiger partial charge in [0.05, 0.1) is 5.69 Å². The zero-order valence-electron chi connectivity index (χ0n) is 11.5. The van der Waals surface area contributed by atoms with E-state index in [0.717, 1.165) is 17.7 Å². The quantitative estimate of drug-likeness (QED) is 0.618. The monoisotopic (exact) mass is 264 g/mol. The predicted molar refractivity (Wildman–Crippen MR) is 78.1 cm³/mol. The summed E-state index contributed by atoms with van der Waals surface area (Å²) < 4.78 is 0. The minimum atomic E-state index is 0.564. The number of rotatable bonds is 2. The van der Waals surface area contributed by atoms with Crippen molar-refractivity contribution in [2.75, 3.05) is 11.9 Å². The highest BCUT2D eigenvalue weighted by atomic mass is 15.2. The maximum atomic E-state index is 8.82. The number of nitriles is 1. The van der Waals surface area contributed by atoms with Gasteiger partial charge >= 0.3 is 0 Å². The second-order valence-electron chi connectivity index (χ2n) is 5.13. The maximum absolute atomic E-state index is 8.82. The molecule has 0 amide bonds. The summed E-state index contributed by atoms with van der Waals surface area (Å²) >= 11 is 0. The van der Waals surface area contributed by atoms with Crippen LogP contribution in [0.1, 0.15) is 24.0 Å². The van der Waals surface area contributed by atoms with Gasteiger partial charge in [-0.05, 0) is 55.0 Å². The van der Waals surface area contributed by atoms with Crippen LogP contribution in [-0.4, -0.2) is 17.2 Å². The molecule has 1 aliphatic rings. The van der Waals surface area contributed by atoms with Crippen LogP contribution in [0, 0.1) is 11.5 Å². The number of fused-ring (bicyclic) bond motifs is 1. The average molecular weight is 264 g/mol. The van der Waals surface area contributed by atoms with E-state index in [4.69, 9.17) is 5.26 Å². The molecule has 0 spiro atoms. The molecule has 1 heterocycles. The Morgan fingerprint density at radius 1 is 1.05 bits per heavy atom. The largest absolute Gasteiger partial charge is 0.265 e. The molecule has 0 N–H and O–H groups in total. The number of benzene rings is 1. The molecule has 0 atom stereocenters. The maximum Gasteiger partial charge on any atom is 0.185 e. The molecule has 0 unspecified atom stereocenters. The van der Waals surface area contributed by atoms with Crippen molar-refractivity contribution in [1.82, 2.24) is 10.2 Å². The van der Waals surface area contributed by atoms with Crippen molar-refractivity contribution < 1.29 is 0 Å². The third-order valence-corrected chi connectivity index (χ3v) is 3.79. The second kappa shape index (κ2) is 5.30. The van der Waals surface area contributed by atoms with Crippen molar-refractivity contribution in [3.05, 3.63) is 41.5 Å². The Bertz CT molecular complexity index is 655. The summed E-state index contributed by atoms with van der Waals surface area (Å²) in [5.41, 5.74) is 4.86. The molecule has 0 radical (unpaired) electrons. The molecule has 0 fully saturated rings. The number of aryl methyl sites for hydroxylation is 2. The van der Waals surface area contributed by atoms with E-state index in [0.29, 0.717) is 5.82 Å². The van der Waals surface area contributed by atoms with E-state index in [9.17, 15) is 0 Å². The van der Waals surface area contributed by atoms with Crippen molar-refractivity contribution in [1.29, 1.82) is 5.26 Å². The molecule has 4 heteroatoms. The van der Waals surface area contributed by atoms with Crippen molar-refractivity contribution >= 4 is 5.82 Å². The minimum absolute atomic E-state index is 0.564. The van der Waals surface area contributed by atoms with Gasteiger partial charge in [-0.15, -0.1) is 10.2 Å². The molecule has 0 saturated heterocycles. The first kappa shape index (κ1) is 12.6. The highest BCUT2D eigenvalue weighted by molar-refractivity contribution is 5.62. The van der Waals surface area contributed by atoms with Crippen LogP contribution < -0.4 is 4.90 Å². The van der Waals surface area contributed by atoms with Crippen LogP contribution in [0.5, 0.6) is 0 Å². The molecule has 100 valence electrons. The highest BCUT2D eigenvalue weighted by Gasteiger charge is 2.11. The molecule has 1 aromatic heterocycles. The summed E-state index contributed by atoms with van der Waals surface area (Å²) in [7, 11) is 1.67. The Morgan fingerprint density at radius 2 is 1.85 bits per heavy atom. The van der Waals surface area contributed by atoms with Crippen LogP contribution in [-0.2, 0) is 12.8 Å². The molecule has 1 aromatic carbocycles. The van der Waals surface area contributed by atoms with Crippen LogP contribution in [0.3, 0.4) is 0 Å². The van der Waals surface area contributed by atoms with E-state index in [1.807, 2.05) is 18.3 Å². The lowest BCUT2D eigenvalue weighted by Gasteiger charge is -2.16. The van der Waals surface area contributed by atoms with Gasteiger partial charge in [-0.2, -0.15) is 5.26 Å². The Balaban J connectivity index is 1.91. The van der Waals surface area contributed by atoms with E-state index >= 15 is 0 Å². The molecule has 20 heavy (non-hydrogen) atoms. The van der Waals surface area contributed by atoms with Crippen LogP contribution in [0.4, 0.5) is 5.82 Å². The molecule has 2 aromatic rings. The highest BCUT2D eigenvalue weighted by Crippen LogP contribution is 2.26. The van der Waals surface area contributed by atoms with Crippen molar-refractivity contribution in [3.8, 4) is 17.5 Å².